The van der Waals surface area contributed by atoms with Crippen LogP contribution in [0.25, 0.3) is 5.57 Å². The first-order valence-electron chi connectivity index (χ1n) is 10.8. The second-order valence-corrected chi connectivity index (χ2v) is 7.78. The van der Waals surface area contributed by atoms with Gasteiger partial charge in [-0.2, -0.15) is 0 Å². The first kappa shape index (κ1) is 22.2. The van der Waals surface area contributed by atoms with Crippen LogP contribution in [0.1, 0.15) is 63.0 Å². The molecule has 30 heavy (non-hydrogen) atoms. The normalized spacial score (nSPS) is 18.3. The van der Waals surface area contributed by atoms with E-state index in [1.165, 1.54) is 31.7 Å². The van der Waals surface area contributed by atoms with Crippen LogP contribution in [0.3, 0.4) is 0 Å². The average molecular weight is 415 g/mol. The lowest BCUT2D eigenvalue weighted by molar-refractivity contribution is 0.249. The predicted molar refractivity (Wildman–Crippen MR) is 116 cm³/mol. The Morgan fingerprint density at radius 3 is 2.37 bits per heavy atom. The molecule has 2 aromatic rings. The molecular formula is C26H29F3O. The zero-order valence-corrected chi connectivity index (χ0v) is 17.5. The maximum absolute atomic E-state index is 16.1. The van der Waals surface area contributed by atoms with Crippen LogP contribution in [0.4, 0.5) is 13.2 Å². The quantitative estimate of drug-likeness (QED) is 0.359. The summed E-state index contributed by atoms with van der Waals surface area (Å²) in [4.78, 5) is 0. The maximum atomic E-state index is 16.1. The van der Waals surface area contributed by atoms with E-state index in [-0.39, 0.29) is 6.42 Å². The second-order valence-electron chi connectivity index (χ2n) is 7.78. The first-order valence-corrected chi connectivity index (χ1v) is 10.8. The third kappa shape index (κ3) is 5.35. The molecule has 0 radical (unpaired) electrons. The largest absolute Gasteiger partial charge is 0.494 e. The number of hydrogen-bond acceptors (Lipinski definition) is 1. The molecule has 1 aliphatic carbocycles. The second kappa shape index (κ2) is 10.5. The number of halogens is 3. The lowest BCUT2D eigenvalue weighted by Gasteiger charge is -2.30. The van der Waals surface area contributed by atoms with E-state index in [1.807, 2.05) is 0 Å². The van der Waals surface area contributed by atoms with Crippen LogP contribution in [0.2, 0.25) is 0 Å². The van der Waals surface area contributed by atoms with E-state index in [4.69, 9.17) is 4.74 Å². The Bertz CT molecular complexity index is 886. The van der Waals surface area contributed by atoms with Crippen molar-refractivity contribution in [3.05, 3.63) is 83.5 Å². The molecule has 0 heterocycles. The third-order valence-corrected chi connectivity index (χ3v) is 5.53. The van der Waals surface area contributed by atoms with Gasteiger partial charge in [-0.3, -0.25) is 0 Å². The van der Waals surface area contributed by atoms with Crippen molar-refractivity contribution >= 4 is 5.57 Å². The Morgan fingerprint density at radius 1 is 0.900 bits per heavy atom. The molecule has 0 spiro atoms. The summed E-state index contributed by atoms with van der Waals surface area (Å²) in [6, 6.07) is 10.5. The van der Waals surface area contributed by atoms with E-state index < -0.39 is 17.3 Å². The minimum atomic E-state index is -1.81. The summed E-state index contributed by atoms with van der Waals surface area (Å²) >= 11 is 0. The average Bonchev–Trinajstić information content (AvgIpc) is 2.76. The summed E-state index contributed by atoms with van der Waals surface area (Å²) in [5.41, 5.74) is -0.680. The Balaban J connectivity index is 1.66. The highest BCUT2D eigenvalue weighted by atomic mass is 19.2. The number of allylic oxidation sites excluding steroid dienone is 4. The van der Waals surface area contributed by atoms with Gasteiger partial charge in [0.1, 0.15) is 5.75 Å². The summed E-state index contributed by atoms with van der Waals surface area (Å²) in [6.07, 6.45) is 12.4. The molecule has 0 aliphatic heterocycles. The van der Waals surface area contributed by atoms with Gasteiger partial charge in [-0.1, -0.05) is 75.5 Å². The Kier molecular flexibility index (Phi) is 7.78. The van der Waals surface area contributed by atoms with Gasteiger partial charge in [0.2, 0.25) is 0 Å². The SMILES string of the molecule is CCCCCCCCOc1ccc(C2(F)CC=CC=C2c2ccc(F)c(F)c2)cc1. The maximum Gasteiger partial charge on any atom is 0.165 e. The van der Waals surface area contributed by atoms with Crippen molar-refractivity contribution in [2.45, 2.75) is 57.5 Å². The Morgan fingerprint density at radius 2 is 1.63 bits per heavy atom. The highest BCUT2D eigenvalue weighted by Gasteiger charge is 2.37. The highest BCUT2D eigenvalue weighted by Crippen LogP contribution is 2.45. The molecule has 0 N–H and O–H groups in total. The molecule has 1 atom stereocenters. The van der Waals surface area contributed by atoms with Crippen LogP contribution in [0, 0.1) is 11.6 Å². The summed E-state index contributed by atoms with van der Waals surface area (Å²) in [5, 5.41) is 0. The van der Waals surface area contributed by atoms with Crippen LogP contribution < -0.4 is 4.74 Å². The summed E-state index contributed by atoms with van der Waals surface area (Å²) in [7, 11) is 0. The molecule has 1 aliphatic rings. The smallest absolute Gasteiger partial charge is 0.165 e. The van der Waals surface area contributed by atoms with Gasteiger partial charge < -0.3 is 4.74 Å². The Hall–Kier alpha value is -2.49. The minimum Gasteiger partial charge on any atom is -0.494 e. The fourth-order valence-corrected chi connectivity index (χ4v) is 3.79. The van der Waals surface area contributed by atoms with Crippen LogP contribution in [0.5, 0.6) is 5.75 Å². The molecule has 0 aromatic heterocycles. The van der Waals surface area contributed by atoms with Crippen LogP contribution >= 0.6 is 0 Å². The van der Waals surface area contributed by atoms with Gasteiger partial charge >= 0.3 is 0 Å². The topological polar surface area (TPSA) is 9.23 Å². The molecular weight excluding hydrogens is 385 g/mol. The minimum absolute atomic E-state index is 0.135. The number of hydrogen-bond donors (Lipinski definition) is 0. The molecule has 0 amide bonds. The van der Waals surface area contributed by atoms with Crippen LogP contribution in [-0.4, -0.2) is 6.61 Å². The molecule has 0 saturated heterocycles. The van der Waals surface area contributed by atoms with E-state index in [2.05, 4.69) is 6.92 Å². The number of unbranched alkanes of at least 4 members (excludes halogenated alkanes) is 5. The fraction of sp³-hybridized carbons (Fsp3) is 0.385. The fourth-order valence-electron chi connectivity index (χ4n) is 3.79. The van der Waals surface area contributed by atoms with Crippen molar-refractivity contribution < 1.29 is 17.9 Å². The molecule has 160 valence electrons. The summed E-state index contributed by atoms with van der Waals surface area (Å²) < 4.78 is 48.9. The summed E-state index contributed by atoms with van der Waals surface area (Å²) in [6.45, 7) is 2.85. The standard InChI is InChI=1S/C26H29F3O/c1-2-3-4-5-6-9-18-30-22-14-12-21(13-15-22)26(29)17-8-7-10-23(26)20-11-16-24(27)25(28)19-20/h7-8,10-16,19H,2-6,9,17-18H2,1H3. The van der Waals surface area contributed by atoms with Gasteiger partial charge in [0.05, 0.1) is 6.61 Å². The van der Waals surface area contributed by atoms with Gasteiger partial charge in [-0.15, -0.1) is 0 Å². The lowest BCUT2D eigenvalue weighted by atomic mass is 9.79. The van der Waals surface area contributed by atoms with Crippen molar-refractivity contribution in [2.75, 3.05) is 6.61 Å². The van der Waals surface area contributed by atoms with Gasteiger partial charge in [0.15, 0.2) is 17.3 Å². The third-order valence-electron chi connectivity index (χ3n) is 5.53. The van der Waals surface area contributed by atoms with Crippen molar-refractivity contribution in [1.29, 1.82) is 0 Å². The van der Waals surface area contributed by atoms with E-state index in [0.717, 1.165) is 25.0 Å². The molecule has 0 saturated carbocycles. The number of rotatable bonds is 10. The highest BCUT2D eigenvalue weighted by molar-refractivity contribution is 5.76. The van der Waals surface area contributed by atoms with Crippen LogP contribution in [0.15, 0.2) is 60.7 Å². The summed E-state index contributed by atoms with van der Waals surface area (Å²) in [5.74, 6) is -1.22. The number of ether oxygens (including phenoxy) is 1. The molecule has 2 aromatic carbocycles. The molecule has 0 bridgehead atoms. The van der Waals surface area contributed by atoms with Crippen molar-refractivity contribution in [3.63, 3.8) is 0 Å². The Labute approximate surface area is 177 Å². The van der Waals surface area contributed by atoms with E-state index in [9.17, 15) is 8.78 Å². The predicted octanol–water partition coefficient (Wildman–Crippen LogP) is 7.91. The lowest BCUT2D eigenvalue weighted by Crippen LogP contribution is -2.23. The molecule has 3 rings (SSSR count). The van der Waals surface area contributed by atoms with Gasteiger partial charge in [0, 0.05) is 12.0 Å². The molecule has 4 heteroatoms. The zero-order valence-electron chi connectivity index (χ0n) is 17.5. The van der Waals surface area contributed by atoms with Crippen molar-refractivity contribution in [2.24, 2.45) is 0 Å². The number of alkyl halides is 1. The van der Waals surface area contributed by atoms with Crippen LogP contribution in [-0.2, 0) is 5.67 Å². The van der Waals surface area contributed by atoms with E-state index >= 15 is 4.39 Å². The van der Waals surface area contributed by atoms with Crippen molar-refractivity contribution in [3.8, 4) is 5.75 Å². The molecule has 1 unspecified atom stereocenters. The molecule has 0 fully saturated rings. The zero-order chi connectivity index (χ0) is 21.4. The van der Waals surface area contributed by atoms with Gasteiger partial charge in [0.25, 0.3) is 0 Å². The first-order chi connectivity index (χ1) is 14.5. The van der Waals surface area contributed by atoms with Gasteiger partial charge in [-0.05, 0) is 41.8 Å². The van der Waals surface area contributed by atoms with E-state index in [0.29, 0.717) is 29.1 Å². The van der Waals surface area contributed by atoms with Crippen molar-refractivity contribution in [1.82, 2.24) is 0 Å². The van der Waals surface area contributed by atoms with Gasteiger partial charge in [-0.25, -0.2) is 13.2 Å². The molecule has 1 nitrogen and oxygen atoms in total. The number of benzene rings is 2. The monoisotopic (exact) mass is 414 g/mol. The van der Waals surface area contributed by atoms with E-state index in [1.54, 1.807) is 42.5 Å².